The second-order valence-corrected chi connectivity index (χ2v) is 9.36. The Morgan fingerprint density at radius 1 is 1.00 bits per heavy atom. The molecule has 0 saturated heterocycles. The minimum absolute atomic E-state index is 0.114. The maximum atomic E-state index is 13.3. The molecule has 0 aliphatic heterocycles. The molecule has 2 aromatic rings. The summed E-state index contributed by atoms with van der Waals surface area (Å²) in [5.41, 5.74) is 1.75. The molecule has 2 amide bonds. The minimum atomic E-state index is -1.14. The molecule has 2 atom stereocenters. The molecule has 1 fully saturated rings. The molecule has 0 radical (unpaired) electrons. The van der Waals surface area contributed by atoms with Gasteiger partial charge in [-0.2, -0.15) is 12.6 Å². The molecule has 7 nitrogen and oxygen atoms in total. The zero-order valence-corrected chi connectivity index (χ0v) is 20.2. The van der Waals surface area contributed by atoms with Crippen LogP contribution < -0.4 is 10.6 Å². The number of nitrogens with one attached hydrogen (secondary N) is 2. The molecule has 0 heterocycles. The fourth-order valence-corrected chi connectivity index (χ4v) is 4.53. The largest absolute Gasteiger partial charge is 0.480 e. The van der Waals surface area contributed by atoms with Crippen molar-refractivity contribution in [2.45, 2.75) is 55.4 Å². The van der Waals surface area contributed by atoms with E-state index in [-0.39, 0.29) is 13.0 Å². The van der Waals surface area contributed by atoms with Gasteiger partial charge < -0.3 is 20.5 Å². The van der Waals surface area contributed by atoms with Crippen LogP contribution in [-0.4, -0.2) is 53.4 Å². The Kier molecular flexibility index (Phi) is 9.12. The number of aliphatic carboxylic acids is 1. The van der Waals surface area contributed by atoms with Crippen LogP contribution >= 0.6 is 12.6 Å². The van der Waals surface area contributed by atoms with E-state index in [0.29, 0.717) is 12.8 Å². The average Bonchev–Trinajstić information content (AvgIpc) is 2.85. The number of benzene rings is 2. The lowest BCUT2D eigenvalue weighted by Crippen LogP contribution is -2.63. The number of ether oxygens (including phenoxy) is 1. The molecular weight excluding hydrogens is 452 g/mol. The topological polar surface area (TPSA) is 105 Å². The smallest absolute Gasteiger partial charge is 0.326 e. The average molecular weight is 485 g/mol. The molecule has 1 aliphatic rings. The Morgan fingerprint density at radius 2 is 1.62 bits per heavy atom. The zero-order valence-electron chi connectivity index (χ0n) is 19.3. The van der Waals surface area contributed by atoms with Crippen LogP contribution in [0.15, 0.2) is 54.6 Å². The number of amides is 2. The number of carboxylic acid groups (broad SMARTS) is 1. The Bertz CT molecular complexity index is 974. The van der Waals surface area contributed by atoms with Gasteiger partial charge in [0, 0.05) is 13.5 Å². The highest BCUT2D eigenvalue weighted by Crippen LogP contribution is 2.29. The highest BCUT2D eigenvalue weighted by atomic mass is 32.1. The summed E-state index contributed by atoms with van der Waals surface area (Å²) in [5.74, 6) is -1.98. The van der Waals surface area contributed by atoms with Crippen molar-refractivity contribution >= 4 is 30.4 Å². The van der Waals surface area contributed by atoms with Gasteiger partial charge in [0.2, 0.25) is 11.8 Å². The highest BCUT2D eigenvalue weighted by molar-refractivity contribution is 7.81. The molecule has 3 rings (SSSR count). The first-order valence-corrected chi connectivity index (χ1v) is 12.0. The van der Waals surface area contributed by atoms with Crippen LogP contribution in [0.3, 0.4) is 0 Å². The highest BCUT2D eigenvalue weighted by Gasteiger charge is 2.43. The molecule has 34 heavy (non-hydrogen) atoms. The fourth-order valence-electron chi connectivity index (χ4n) is 4.31. The van der Waals surface area contributed by atoms with Gasteiger partial charge in [-0.05, 0) is 29.5 Å². The van der Waals surface area contributed by atoms with Gasteiger partial charge in [-0.25, -0.2) is 4.79 Å². The molecule has 2 unspecified atom stereocenters. The van der Waals surface area contributed by atoms with Crippen molar-refractivity contribution in [2.75, 3.05) is 13.7 Å². The number of methoxy groups -OCH3 is 1. The molecule has 1 saturated carbocycles. The Morgan fingerprint density at radius 3 is 2.21 bits per heavy atom. The van der Waals surface area contributed by atoms with E-state index in [1.165, 1.54) is 7.11 Å². The summed E-state index contributed by atoms with van der Waals surface area (Å²) in [5, 5.41) is 14.6. The molecule has 0 aromatic heterocycles. The van der Waals surface area contributed by atoms with Crippen LogP contribution in [-0.2, 0) is 25.5 Å². The predicted molar refractivity (Wildman–Crippen MR) is 134 cm³/mol. The van der Waals surface area contributed by atoms with E-state index < -0.39 is 34.6 Å². The second kappa shape index (κ2) is 12.0. The molecule has 1 aliphatic carbocycles. The monoisotopic (exact) mass is 484 g/mol. The number of thiol groups is 1. The molecule has 0 bridgehead atoms. The van der Waals surface area contributed by atoms with Crippen molar-refractivity contribution in [3.8, 4) is 11.1 Å². The summed E-state index contributed by atoms with van der Waals surface area (Å²) in [6.07, 6.45) is 3.55. The molecule has 182 valence electrons. The zero-order chi connectivity index (χ0) is 24.6. The lowest BCUT2D eigenvalue weighted by molar-refractivity contribution is -0.144. The van der Waals surface area contributed by atoms with E-state index in [2.05, 4.69) is 23.3 Å². The summed E-state index contributed by atoms with van der Waals surface area (Å²) in [6, 6.07) is 16.4. The summed E-state index contributed by atoms with van der Waals surface area (Å²) >= 11 is 4.25. The van der Waals surface area contributed by atoms with Crippen LogP contribution in [0.5, 0.6) is 0 Å². The van der Waals surface area contributed by atoms with E-state index in [9.17, 15) is 19.5 Å². The first kappa shape index (κ1) is 25.8. The summed E-state index contributed by atoms with van der Waals surface area (Å²) in [7, 11) is 1.48. The number of rotatable bonds is 10. The molecular formula is C26H32N2O5S. The van der Waals surface area contributed by atoms with Gasteiger partial charge in [0.25, 0.3) is 0 Å². The summed E-state index contributed by atoms with van der Waals surface area (Å²) in [6.45, 7) is 0.114. The Hall–Kier alpha value is -2.84. The third kappa shape index (κ3) is 6.61. The van der Waals surface area contributed by atoms with Crippen LogP contribution in [0.2, 0.25) is 0 Å². The van der Waals surface area contributed by atoms with Crippen LogP contribution in [0.1, 0.15) is 37.7 Å². The van der Waals surface area contributed by atoms with E-state index in [4.69, 9.17) is 4.74 Å². The van der Waals surface area contributed by atoms with Gasteiger partial charge in [-0.1, -0.05) is 73.9 Å². The second-order valence-electron chi connectivity index (χ2n) is 8.73. The SMILES string of the molecule is COCC(S)C(=O)NC1(C(=O)NC(Cc2ccc(-c3ccccc3)cc2)C(=O)O)CCCCC1. The first-order chi connectivity index (χ1) is 16.3. The normalized spacial score (nSPS) is 16.8. The quantitative estimate of drug-likeness (QED) is 0.388. The van der Waals surface area contributed by atoms with Crippen molar-refractivity contribution in [3.05, 3.63) is 60.2 Å². The molecule has 3 N–H and O–H groups in total. The van der Waals surface area contributed by atoms with E-state index >= 15 is 0 Å². The predicted octanol–water partition coefficient (Wildman–Crippen LogP) is 3.23. The van der Waals surface area contributed by atoms with Crippen molar-refractivity contribution in [3.63, 3.8) is 0 Å². The molecule has 0 spiro atoms. The van der Waals surface area contributed by atoms with Gasteiger partial charge in [-0.3, -0.25) is 9.59 Å². The number of carboxylic acids is 1. The Labute approximate surface area is 205 Å². The lowest BCUT2D eigenvalue weighted by atomic mass is 9.80. The van der Waals surface area contributed by atoms with Crippen LogP contribution in [0.4, 0.5) is 0 Å². The van der Waals surface area contributed by atoms with Gasteiger partial charge in [0.05, 0.1) is 6.61 Å². The van der Waals surface area contributed by atoms with Crippen molar-refractivity contribution in [1.29, 1.82) is 0 Å². The molecule has 2 aromatic carbocycles. The van der Waals surface area contributed by atoms with Crippen molar-refractivity contribution in [1.82, 2.24) is 10.6 Å². The first-order valence-electron chi connectivity index (χ1n) is 11.5. The third-order valence-electron chi connectivity index (χ3n) is 6.24. The van der Waals surface area contributed by atoms with E-state index in [1.807, 2.05) is 54.6 Å². The van der Waals surface area contributed by atoms with Crippen molar-refractivity contribution in [2.24, 2.45) is 0 Å². The molecule has 8 heteroatoms. The van der Waals surface area contributed by atoms with Gasteiger partial charge in [0.1, 0.15) is 16.8 Å². The maximum Gasteiger partial charge on any atom is 0.326 e. The van der Waals surface area contributed by atoms with Crippen molar-refractivity contribution < 1.29 is 24.2 Å². The number of hydrogen-bond donors (Lipinski definition) is 4. The summed E-state index contributed by atoms with van der Waals surface area (Å²) in [4.78, 5) is 37.9. The summed E-state index contributed by atoms with van der Waals surface area (Å²) < 4.78 is 4.99. The third-order valence-corrected chi connectivity index (χ3v) is 6.62. The standard InChI is InChI=1S/C26H32N2O5S/c1-33-17-22(34)23(29)28-26(14-6-3-7-15-26)25(32)27-21(24(30)31)16-18-10-12-20(13-11-18)19-8-4-2-5-9-19/h2,4-5,8-13,21-22,34H,3,6-7,14-17H2,1H3,(H,27,32)(H,28,29)(H,30,31). The van der Waals surface area contributed by atoms with Gasteiger partial charge >= 0.3 is 5.97 Å². The van der Waals surface area contributed by atoms with Crippen LogP contribution in [0, 0.1) is 0 Å². The lowest BCUT2D eigenvalue weighted by Gasteiger charge is -2.38. The number of carbonyl (C=O) groups excluding carboxylic acids is 2. The van der Waals surface area contributed by atoms with Crippen LogP contribution in [0.25, 0.3) is 11.1 Å². The maximum absolute atomic E-state index is 13.3. The number of carbonyl (C=O) groups is 3. The number of hydrogen-bond acceptors (Lipinski definition) is 5. The van der Waals surface area contributed by atoms with E-state index in [0.717, 1.165) is 36.0 Å². The van der Waals surface area contributed by atoms with Gasteiger partial charge in [-0.15, -0.1) is 0 Å². The Balaban J connectivity index is 1.72. The minimum Gasteiger partial charge on any atom is -0.480 e. The van der Waals surface area contributed by atoms with E-state index in [1.54, 1.807) is 0 Å². The van der Waals surface area contributed by atoms with Gasteiger partial charge in [0.15, 0.2) is 0 Å². The fraction of sp³-hybridized carbons (Fsp3) is 0.423.